The number of carboxylic acids is 1. The quantitative estimate of drug-likeness (QED) is 0.612. The molecule has 0 bridgehead atoms. The summed E-state index contributed by atoms with van der Waals surface area (Å²) in [6, 6.07) is 12.1. The Morgan fingerprint density at radius 3 is 2.68 bits per heavy atom. The van der Waals surface area contributed by atoms with E-state index < -0.39 is 12.1 Å². The van der Waals surface area contributed by atoms with Crippen LogP contribution in [-0.2, 0) is 9.59 Å². The lowest BCUT2D eigenvalue weighted by Gasteiger charge is -2.13. The molecule has 1 saturated heterocycles. The molecule has 1 aliphatic rings. The van der Waals surface area contributed by atoms with Gasteiger partial charge in [-0.3, -0.25) is 9.69 Å². The number of amides is 1. The van der Waals surface area contributed by atoms with Crippen LogP contribution in [-0.4, -0.2) is 44.8 Å². The molecule has 1 unspecified atom stereocenters. The van der Waals surface area contributed by atoms with Crippen molar-refractivity contribution in [1.82, 2.24) is 4.90 Å². The summed E-state index contributed by atoms with van der Waals surface area (Å²) in [6.07, 6.45) is 1.13. The maximum atomic E-state index is 12.9. The van der Waals surface area contributed by atoms with Crippen molar-refractivity contribution in [2.75, 3.05) is 6.54 Å². The van der Waals surface area contributed by atoms with Crippen LogP contribution in [0, 0.1) is 6.92 Å². The number of rotatable bonds is 7. The monoisotopic (exact) mass is 440 g/mol. The van der Waals surface area contributed by atoms with E-state index in [-0.39, 0.29) is 11.7 Å². The summed E-state index contributed by atoms with van der Waals surface area (Å²) in [4.78, 5) is 30.6. The summed E-state index contributed by atoms with van der Waals surface area (Å²) in [5, 5.41) is 19.8. The number of carbonyl (C=O) groups is 2. The Balaban J connectivity index is 1.88. The van der Waals surface area contributed by atoms with Crippen molar-refractivity contribution in [1.29, 1.82) is 0 Å². The summed E-state index contributed by atoms with van der Waals surface area (Å²) < 4.78 is 5.54. The molecule has 0 saturated carbocycles. The van der Waals surface area contributed by atoms with Gasteiger partial charge >= 0.3 is 5.97 Å². The smallest absolute Gasteiger partial charge is 0.344 e. The molecule has 7 nitrogen and oxygen atoms in total. The van der Waals surface area contributed by atoms with E-state index in [9.17, 15) is 19.8 Å². The highest BCUT2D eigenvalue weighted by molar-refractivity contribution is 8.18. The SMILES string of the molecule is CCC(Oc1cccc(/C=C2\SC(=Nc3ccc(C)cc3O)N(CC)C2=O)c1)C(=O)O. The Morgan fingerprint density at radius 1 is 1.26 bits per heavy atom. The summed E-state index contributed by atoms with van der Waals surface area (Å²) in [6.45, 7) is 5.91. The second-order valence-corrected chi connectivity index (χ2v) is 7.98. The standard InChI is InChI=1S/C23H24N2O5S/c1-4-19(22(28)29)30-16-8-6-7-15(12-16)13-20-21(27)25(5-2)23(31-20)24-17-10-9-14(3)11-18(17)26/h6-13,19,26H,4-5H2,1-3H3,(H,28,29)/b20-13-,24-23?. The molecule has 162 valence electrons. The van der Waals surface area contributed by atoms with Gasteiger partial charge < -0.3 is 14.9 Å². The largest absolute Gasteiger partial charge is 0.506 e. The van der Waals surface area contributed by atoms with Gasteiger partial charge in [-0.25, -0.2) is 9.79 Å². The zero-order valence-corrected chi connectivity index (χ0v) is 18.3. The van der Waals surface area contributed by atoms with Crippen LogP contribution in [0.2, 0.25) is 0 Å². The predicted octanol–water partition coefficient (Wildman–Crippen LogP) is 4.57. The molecule has 1 atom stereocenters. The molecular formula is C23H24N2O5S. The number of benzene rings is 2. The number of nitrogens with zero attached hydrogens (tertiary/aromatic N) is 2. The predicted molar refractivity (Wildman–Crippen MR) is 122 cm³/mol. The second kappa shape index (κ2) is 9.70. The van der Waals surface area contributed by atoms with Crippen LogP contribution in [0.4, 0.5) is 5.69 Å². The molecule has 1 amide bonds. The zero-order chi connectivity index (χ0) is 22.5. The molecule has 0 aromatic heterocycles. The van der Waals surface area contributed by atoms with Crippen LogP contribution in [0.5, 0.6) is 11.5 Å². The fraction of sp³-hybridized carbons (Fsp3) is 0.261. The Morgan fingerprint density at radius 2 is 2.03 bits per heavy atom. The minimum atomic E-state index is -1.02. The Bertz CT molecular complexity index is 1060. The van der Waals surface area contributed by atoms with Gasteiger partial charge in [0.2, 0.25) is 0 Å². The first-order valence-electron chi connectivity index (χ1n) is 9.91. The number of amidine groups is 1. The van der Waals surface area contributed by atoms with E-state index >= 15 is 0 Å². The number of carbonyl (C=O) groups excluding carboxylic acids is 1. The minimum absolute atomic E-state index is 0.0581. The topological polar surface area (TPSA) is 99.4 Å². The number of ether oxygens (including phenoxy) is 1. The van der Waals surface area contributed by atoms with Crippen LogP contribution in [0.3, 0.4) is 0 Å². The number of phenolic OH excluding ortho intramolecular Hbond substituents is 1. The molecule has 0 aliphatic carbocycles. The molecule has 0 spiro atoms. The number of likely N-dealkylation sites (N-methyl/N-ethyl adjacent to an activating group) is 1. The van der Waals surface area contributed by atoms with Crippen molar-refractivity contribution >= 4 is 40.6 Å². The van der Waals surface area contributed by atoms with Gasteiger partial charge in [0, 0.05) is 6.54 Å². The summed E-state index contributed by atoms with van der Waals surface area (Å²) in [7, 11) is 0. The third-order valence-corrected chi connectivity index (χ3v) is 5.64. The number of carboxylic acid groups (broad SMARTS) is 1. The molecule has 2 aromatic carbocycles. The molecule has 3 rings (SSSR count). The van der Waals surface area contributed by atoms with Crippen LogP contribution in [0.15, 0.2) is 52.4 Å². The first-order valence-corrected chi connectivity index (χ1v) is 10.7. The van der Waals surface area contributed by atoms with Crippen molar-refractivity contribution in [2.24, 2.45) is 4.99 Å². The van der Waals surface area contributed by atoms with E-state index in [1.807, 2.05) is 26.0 Å². The minimum Gasteiger partial charge on any atom is -0.506 e. The summed E-state index contributed by atoms with van der Waals surface area (Å²) in [5.74, 6) is -0.722. The van der Waals surface area contributed by atoms with Crippen molar-refractivity contribution in [3.8, 4) is 11.5 Å². The van der Waals surface area contributed by atoms with E-state index in [1.165, 1.54) is 11.8 Å². The highest BCUT2D eigenvalue weighted by atomic mass is 32.2. The van der Waals surface area contributed by atoms with Gasteiger partial charge in [0.05, 0.1) is 4.91 Å². The number of aryl methyl sites for hydroxylation is 1. The zero-order valence-electron chi connectivity index (χ0n) is 17.5. The summed E-state index contributed by atoms with van der Waals surface area (Å²) in [5.41, 5.74) is 2.03. The highest BCUT2D eigenvalue weighted by Crippen LogP contribution is 2.36. The molecule has 2 aromatic rings. The fourth-order valence-electron chi connectivity index (χ4n) is 3.00. The molecule has 1 heterocycles. The van der Waals surface area contributed by atoms with E-state index in [0.29, 0.717) is 40.0 Å². The Labute approximate surface area is 185 Å². The highest BCUT2D eigenvalue weighted by Gasteiger charge is 2.32. The normalized spacial score (nSPS) is 17.4. The Hall–Kier alpha value is -3.26. The van der Waals surface area contributed by atoms with Gasteiger partial charge in [-0.05, 0) is 73.5 Å². The molecule has 1 aliphatic heterocycles. The third-order valence-electron chi connectivity index (χ3n) is 4.63. The number of aliphatic imine (C=N–C) groups is 1. The number of phenols is 1. The number of hydrogen-bond acceptors (Lipinski definition) is 6. The first-order chi connectivity index (χ1) is 14.8. The van der Waals surface area contributed by atoms with Gasteiger partial charge in [-0.1, -0.05) is 25.1 Å². The van der Waals surface area contributed by atoms with Crippen LogP contribution in [0.1, 0.15) is 31.4 Å². The van der Waals surface area contributed by atoms with Crippen LogP contribution < -0.4 is 4.74 Å². The number of aliphatic carboxylic acids is 1. The molecule has 0 radical (unpaired) electrons. The Kier molecular flexibility index (Phi) is 7.02. The van der Waals surface area contributed by atoms with Gasteiger partial charge in [-0.15, -0.1) is 0 Å². The van der Waals surface area contributed by atoms with Crippen molar-refractivity contribution in [3.05, 3.63) is 58.5 Å². The maximum absolute atomic E-state index is 12.9. The number of aromatic hydroxyl groups is 1. The lowest BCUT2D eigenvalue weighted by molar-refractivity contribution is -0.145. The maximum Gasteiger partial charge on any atom is 0.344 e. The summed E-state index contributed by atoms with van der Waals surface area (Å²) >= 11 is 1.22. The number of thioether (sulfide) groups is 1. The van der Waals surface area contributed by atoms with Gasteiger partial charge in [0.15, 0.2) is 11.3 Å². The second-order valence-electron chi connectivity index (χ2n) is 6.97. The molecule has 1 fully saturated rings. The van der Waals surface area contributed by atoms with Gasteiger partial charge in [-0.2, -0.15) is 0 Å². The van der Waals surface area contributed by atoms with Crippen molar-refractivity contribution in [3.63, 3.8) is 0 Å². The average Bonchev–Trinajstić information content (AvgIpc) is 3.02. The van der Waals surface area contributed by atoms with Crippen molar-refractivity contribution < 1.29 is 24.5 Å². The molecule has 8 heteroatoms. The molecule has 31 heavy (non-hydrogen) atoms. The lowest BCUT2D eigenvalue weighted by atomic mass is 10.2. The van der Waals surface area contributed by atoms with Crippen LogP contribution in [0.25, 0.3) is 6.08 Å². The average molecular weight is 441 g/mol. The third kappa shape index (κ3) is 5.27. The van der Waals surface area contributed by atoms with E-state index in [0.717, 1.165) is 5.56 Å². The van der Waals surface area contributed by atoms with Crippen molar-refractivity contribution in [2.45, 2.75) is 33.3 Å². The lowest BCUT2D eigenvalue weighted by Crippen LogP contribution is -2.28. The molecular weight excluding hydrogens is 416 g/mol. The molecule has 2 N–H and O–H groups in total. The van der Waals surface area contributed by atoms with Gasteiger partial charge in [0.25, 0.3) is 5.91 Å². The first kappa shape index (κ1) is 22.4. The number of hydrogen-bond donors (Lipinski definition) is 2. The van der Waals surface area contributed by atoms with Gasteiger partial charge in [0.1, 0.15) is 17.2 Å². The van der Waals surface area contributed by atoms with Crippen LogP contribution >= 0.6 is 11.8 Å². The van der Waals surface area contributed by atoms with E-state index in [1.54, 1.807) is 48.2 Å². The van der Waals surface area contributed by atoms with E-state index in [4.69, 9.17) is 4.74 Å². The van der Waals surface area contributed by atoms with E-state index in [2.05, 4.69) is 4.99 Å². The fourth-order valence-corrected chi connectivity index (χ4v) is 4.06.